The molecule has 0 radical (unpaired) electrons. The fraction of sp³-hybridized carbons (Fsp3) is 0.238. The summed E-state index contributed by atoms with van der Waals surface area (Å²) < 4.78 is 1.67. The topological polar surface area (TPSA) is 64.2 Å². The molecule has 0 aliphatic heterocycles. The van der Waals surface area contributed by atoms with Gasteiger partial charge in [0.05, 0.1) is 10.9 Å². The smallest absolute Gasteiger partial charge is 0.261 e. The van der Waals surface area contributed by atoms with E-state index in [2.05, 4.69) is 17.1 Å². The molecule has 5 nitrogen and oxygen atoms in total. The zero-order valence-corrected chi connectivity index (χ0v) is 16.3. The molecule has 0 fully saturated rings. The summed E-state index contributed by atoms with van der Waals surface area (Å²) in [5.74, 6) is 0.597. The molecule has 0 amide bonds. The quantitative estimate of drug-likeness (QED) is 0.707. The van der Waals surface area contributed by atoms with E-state index in [-0.39, 0.29) is 5.56 Å². The van der Waals surface area contributed by atoms with Crippen LogP contribution in [0.1, 0.15) is 17.8 Å². The molecule has 0 saturated carbocycles. The number of hydrogen-bond acceptors (Lipinski definition) is 4. The SMILES string of the molecule is CN(C)c1ccc(/C=C/c2nc3cc(Cl)ccc3c(=O)n2CCCN)cc1. The normalized spacial score (nSPS) is 11.4. The van der Waals surface area contributed by atoms with Crippen LogP contribution in [0, 0.1) is 0 Å². The molecule has 0 saturated heterocycles. The second-order valence-electron chi connectivity index (χ2n) is 6.55. The van der Waals surface area contributed by atoms with E-state index in [1.165, 1.54) is 0 Å². The maximum Gasteiger partial charge on any atom is 0.261 e. The van der Waals surface area contributed by atoms with Crippen LogP contribution in [0.4, 0.5) is 5.69 Å². The summed E-state index contributed by atoms with van der Waals surface area (Å²) in [6, 6.07) is 13.3. The van der Waals surface area contributed by atoms with Gasteiger partial charge in [-0.15, -0.1) is 0 Å². The van der Waals surface area contributed by atoms with E-state index < -0.39 is 0 Å². The lowest BCUT2D eigenvalue weighted by molar-refractivity contribution is 0.619. The number of nitrogens with two attached hydrogens (primary N) is 1. The average molecular weight is 383 g/mol. The number of nitrogens with zero attached hydrogens (tertiary/aromatic N) is 3. The van der Waals surface area contributed by atoms with Gasteiger partial charge in [-0.25, -0.2) is 4.98 Å². The predicted octanol–water partition coefficient (Wildman–Crippen LogP) is 3.64. The number of anilines is 1. The standard InChI is InChI=1S/C21H23ClN4O/c1-25(2)17-8-4-15(5-9-17)6-11-20-24-19-14-16(22)7-10-18(19)21(27)26(20)13-3-12-23/h4-11,14H,3,12-13,23H2,1-2H3/b11-6+. The molecule has 0 bridgehead atoms. The van der Waals surface area contributed by atoms with Crippen molar-refractivity contribution in [2.75, 3.05) is 25.5 Å². The first-order valence-corrected chi connectivity index (χ1v) is 9.23. The lowest BCUT2D eigenvalue weighted by Crippen LogP contribution is -2.25. The van der Waals surface area contributed by atoms with Gasteiger partial charge < -0.3 is 10.6 Å². The van der Waals surface area contributed by atoms with Crippen molar-refractivity contribution in [2.45, 2.75) is 13.0 Å². The zero-order chi connectivity index (χ0) is 19.4. The maximum absolute atomic E-state index is 12.9. The summed E-state index contributed by atoms with van der Waals surface area (Å²) in [5, 5.41) is 1.12. The fourth-order valence-electron chi connectivity index (χ4n) is 2.86. The molecule has 3 rings (SSSR count). The molecule has 1 heterocycles. The van der Waals surface area contributed by atoms with Crippen LogP contribution in [0.2, 0.25) is 5.02 Å². The van der Waals surface area contributed by atoms with Gasteiger partial charge in [0, 0.05) is 31.4 Å². The second kappa shape index (κ2) is 8.37. The Morgan fingerprint density at radius 1 is 1.15 bits per heavy atom. The van der Waals surface area contributed by atoms with Crippen molar-refractivity contribution in [3.8, 4) is 0 Å². The number of fused-ring (bicyclic) bond motifs is 1. The van der Waals surface area contributed by atoms with Crippen molar-refractivity contribution in [1.82, 2.24) is 9.55 Å². The van der Waals surface area contributed by atoms with Gasteiger partial charge in [-0.1, -0.05) is 29.8 Å². The lowest BCUT2D eigenvalue weighted by atomic mass is 10.2. The highest BCUT2D eigenvalue weighted by atomic mass is 35.5. The molecule has 6 heteroatoms. The third-order valence-corrected chi connectivity index (χ3v) is 4.60. The maximum atomic E-state index is 12.9. The summed E-state index contributed by atoms with van der Waals surface area (Å²) in [6.45, 7) is 1.04. The van der Waals surface area contributed by atoms with Crippen LogP contribution in [-0.2, 0) is 6.54 Å². The van der Waals surface area contributed by atoms with E-state index >= 15 is 0 Å². The number of halogens is 1. The number of rotatable bonds is 6. The minimum atomic E-state index is -0.0762. The molecule has 0 spiro atoms. The molecule has 2 N–H and O–H groups in total. The third-order valence-electron chi connectivity index (χ3n) is 4.37. The number of aromatic nitrogens is 2. The summed E-state index contributed by atoms with van der Waals surface area (Å²) in [5.41, 5.74) is 8.32. The monoisotopic (exact) mass is 382 g/mol. The fourth-order valence-corrected chi connectivity index (χ4v) is 3.02. The van der Waals surface area contributed by atoms with Gasteiger partial charge in [-0.05, 0) is 54.9 Å². The molecule has 140 valence electrons. The average Bonchev–Trinajstić information content (AvgIpc) is 2.66. The van der Waals surface area contributed by atoms with Crippen molar-refractivity contribution in [2.24, 2.45) is 5.73 Å². The van der Waals surface area contributed by atoms with E-state index in [1.54, 1.807) is 22.8 Å². The lowest BCUT2D eigenvalue weighted by Gasteiger charge is -2.12. The van der Waals surface area contributed by atoms with Crippen LogP contribution in [0.3, 0.4) is 0 Å². The van der Waals surface area contributed by atoms with Gasteiger partial charge >= 0.3 is 0 Å². The van der Waals surface area contributed by atoms with Crippen LogP contribution in [-0.4, -0.2) is 30.2 Å². The van der Waals surface area contributed by atoms with Gasteiger partial charge in [-0.2, -0.15) is 0 Å². The van der Waals surface area contributed by atoms with Gasteiger partial charge in [-0.3, -0.25) is 9.36 Å². The van der Waals surface area contributed by atoms with Crippen LogP contribution in [0.5, 0.6) is 0 Å². The minimum absolute atomic E-state index is 0.0762. The van der Waals surface area contributed by atoms with Gasteiger partial charge in [0.15, 0.2) is 0 Å². The molecular formula is C21H23ClN4O. The molecule has 2 aromatic carbocycles. The first-order valence-electron chi connectivity index (χ1n) is 8.85. The van der Waals surface area contributed by atoms with E-state index in [0.29, 0.717) is 41.3 Å². The predicted molar refractivity (Wildman–Crippen MR) is 114 cm³/mol. The van der Waals surface area contributed by atoms with Gasteiger partial charge in [0.25, 0.3) is 5.56 Å². The highest BCUT2D eigenvalue weighted by Gasteiger charge is 2.09. The number of hydrogen-bond donors (Lipinski definition) is 1. The first-order chi connectivity index (χ1) is 13.0. The number of benzene rings is 2. The molecule has 1 aromatic heterocycles. The van der Waals surface area contributed by atoms with E-state index in [1.807, 2.05) is 43.3 Å². The highest BCUT2D eigenvalue weighted by molar-refractivity contribution is 6.31. The Morgan fingerprint density at radius 2 is 1.89 bits per heavy atom. The molecule has 3 aromatic rings. The first kappa shape index (κ1) is 19.1. The third kappa shape index (κ3) is 4.38. The molecule has 0 aliphatic rings. The van der Waals surface area contributed by atoms with Crippen molar-refractivity contribution in [1.29, 1.82) is 0 Å². The molecule has 0 atom stereocenters. The second-order valence-corrected chi connectivity index (χ2v) is 6.99. The summed E-state index contributed by atoms with van der Waals surface area (Å²) in [4.78, 5) is 19.6. The molecular weight excluding hydrogens is 360 g/mol. The van der Waals surface area contributed by atoms with E-state index in [9.17, 15) is 4.79 Å². The van der Waals surface area contributed by atoms with Crippen molar-refractivity contribution >= 4 is 40.3 Å². The summed E-state index contributed by atoms with van der Waals surface area (Å²) >= 11 is 6.07. The van der Waals surface area contributed by atoms with Crippen LogP contribution >= 0.6 is 11.6 Å². The Bertz CT molecular complexity index is 1020. The highest BCUT2D eigenvalue weighted by Crippen LogP contribution is 2.17. The minimum Gasteiger partial charge on any atom is -0.378 e. The van der Waals surface area contributed by atoms with Crippen molar-refractivity contribution in [3.63, 3.8) is 0 Å². The molecule has 0 aliphatic carbocycles. The Balaban J connectivity index is 2.03. The van der Waals surface area contributed by atoms with Crippen LogP contribution in [0.15, 0.2) is 47.3 Å². The van der Waals surface area contributed by atoms with Crippen LogP contribution in [0.25, 0.3) is 23.1 Å². The zero-order valence-electron chi connectivity index (χ0n) is 15.5. The Morgan fingerprint density at radius 3 is 2.56 bits per heavy atom. The molecule has 0 unspecified atom stereocenters. The summed E-state index contributed by atoms with van der Waals surface area (Å²) in [7, 11) is 4.01. The summed E-state index contributed by atoms with van der Waals surface area (Å²) in [6.07, 6.45) is 4.53. The van der Waals surface area contributed by atoms with Gasteiger partial charge in [0.2, 0.25) is 0 Å². The Kier molecular flexibility index (Phi) is 5.94. The van der Waals surface area contributed by atoms with E-state index in [0.717, 1.165) is 11.3 Å². The largest absolute Gasteiger partial charge is 0.378 e. The van der Waals surface area contributed by atoms with Gasteiger partial charge in [0.1, 0.15) is 5.82 Å². The Hall–Kier alpha value is -2.63. The van der Waals surface area contributed by atoms with Crippen molar-refractivity contribution in [3.05, 3.63) is 69.2 Å². The van der Waals surface area contributed by atoms with E-state index in [4.69, 9.17) is 17.3 Å². The Labute approximate surface area is 163 Å². The van der Waals surface area contributed by atoms with Crippen LogP contribution < -0.4 is 16.2 Å². The molecule has 27 heavy (non-hydrogen) atoms. The van der Waals surface area contributed by atoms with Crippen molar-refractivity contribution < 1.29 is 0 Å².